The van der Waals surface area contributed by atoms with E-state index in [4.69, 9.17) is 0 Å². The van der Waals surface area contributed by atoms with Crippen LogP contribution in [0.25, 0.3) is 11.1 Å². The van der Waals surface area contributed by atoms with Gasteiger partial charge < -0.3 is 30.6 Å². The fraction of sp³-hybridized carbons (Fsp3) is 0.676. The first-order valence-corrected chi connectivity index (χ1v) is 33.1. The number of carbonyl (C=O) groups excluding carboxylic acids is 2. The lowest BCUT2D eigenvalue weighted by molar-refractivity contribution is -0.141. The summed E-state index contributed by atoms with van der Waals surface area (Å²) >= 11 is 0. The van der Waals surface area contributed by atoms with Crippen LogP contribution in [0.15, 0.2) is 78.4 Å². The predicted octanol–water partition coefficient (Wildman–Crippen LogP) is 16.3. The monoisotopic (exact) mass is 1120 g/mol. The number of rotatable bonds is 4. The molecule has 11 aliphatic carbocycles. The molecule has 3 aromatic rings. The van der Waals surface area contributed by atoms with E-state index in [2.05, 4.69) is 54.5 Å². The van der Waals surface area contributed by atoms with Crippen LogP contribution >= 0.6 is 0 Å². The van der Waals surface area contributed by atoms with Crippen LogP contribution in [0.1, 0.15) is 231 Å². The van der Waals surface area contributed by atoms with Crippen molar-refractivity contribution in [1.29, 1.82) is 0 Å². The minimum Gasteiger partial charge on any atom is -0.508 e. The molecule has 446 valence electrons. The van der Waals surface area contributed by atoms with E-state index in [1.54, 1.807) is 24.3 Å². The van der Waals surface area contributed by atoms with E-state index in [1.807, 2.05) is 42.5 Å². The zero-order valence-electron chi connectivity index (χ0n) is 51.1. The Morgan fingerprint density at radius 1 is 0.463 bits per heavy atom. The Bertz CT molecular complexity index is 2810. The molecular formula is C74H102O8. The van der Waals surface area contributed by atoms with Gasteiger partial charge in [0.15, 0.2) is 5.78 Å². The average molecular weight is 1120 g/mol. The summed E-state index contributed by atoms with van der Waals surface area (Å²) in [6.07, 6.45) is 29.4. The lowest BCUT2D eigenvalue weighted by Crippen LogP contribution is -2.54. The van der Waals surface area contributed by atoms with Crippen molar-refractivity contribution in [2.24, 2.45) is 80.3 Å². The molecule has 82 heavy (non-hydrogen) atoms. The highest BCUT2D eigenvalue weighted by Gasteiger charge is 2.61. The number of benzene rings is 3. The molecular weight excluding hydrogens is 1020 g/mol. The number of aliphatic hydroxyl groups excluding tert-OH is 3. The van der Waals surface area contributed by atoms with Gasteiger partial charge in [-0.1, -0.05) is 84.4 Å². The summed E-state index contributed by atoms with van der Waals surface area (Å²) < 4.78 is 0. The topological polar surface area (TPSA) is 156 Å². The molecule has 0 aromatic heterocycles. The molecule has 0 saturated heterocycles. The molecule has 0 aliphatic heterocycles. The van der Waals surface area contributed by atoms with Gasteiger partial charge in [0.05, 0.1) is 18.3 Å². The molecule has 11 aliphatic rings. The van der Waals surface area contributed by atoms with Gasteiger partial charge in [0.1, 0.15) is 23.0 Å². The Hall–Kier alpha value is -4.24. The van der Waals surface area contributed by atoms with Gasteiger partial charge in [0.2, 0.25) is 0 Å². The van der Waals surface area contributed by atoms with Crippen molar-refractivity contribution < 1.29 is 40.2 Å². The average Bonchev–Trinajstić information content (AvgIpc) is 2.64. The molecule has 0 bridgehead atoms. The van der Waals surface area contributed by atoms with Gasteiger partial charge in [-0.2, -0.15) is 0 Å². The first kappa shape index (κ1) is 59.5. The highest BCUT2D eigenvalue weighted by Crippen LogP contribution is 2.68. The number of ketones is 2. The van der Waals surface area contributed by atoms with E-state index in [0.717, 1.165) is 130 Å². The van der Waals surface area contributed by atoms with Crippen molar-refractivity contribution in [2.75, 3.05) is 0 Å². The molecule has 8 heteroatoms. The van der Waals surface area contributed by atoms with E-state index < -0.39 is 0 Å². The van der Waals surface area contributed by atoms with Crippen LogP contribution in [0.2, 0.25) is 0 Å². The number of hydrogen-bond donors (Lipinski definition) is 6. The fourth-order valence-corrected chi connectivity index (χ4v) is 21.6. The zero-order chi connectivity index (χ0) is 58.1. The minimum atomic E-state index is -0.0883. The number of aliphatic hydroxyl groups is 3. The SMILES string of the molecule is CC/C(=C(/CC)c1ccc(O)cc1)c1ccc(O)cc1.C[C@]12CC[C@@H]3c4ccc(O)cc4CC[C@H]3[C@@H]1CC[C@@H]2O.C[C@]12CC[C@H]3[C@@H](CCC4=CC(=O)CC[C@@]43C)[C@@H]1CC[C@@H]2O.C[C@]12CC[C@H]3[C@@H](CCC4CC(=O)CC[C@@]43C)[C@@H]1CC[C@@H]2O. The second-order valence-corrected chi connectivity index (χ2v) is 29.8. The molecule has 6 N–H and O–H groups in total. The maximum atomic E-state index is 11.9. The third kappa shape index (κ3) is 10.5. The van der Waals surface area contributed by atoms with E-state index in [1.165, 1.54) is 105 Å². The number of carbonyl (C=O) groups is 2. The van der Waals surface area contributed by atoms with Crippen LogP contribution < -0.4 is 0 Å². The van der Waals surface area contributed by atoms with Crippen molar-refractivity contribution in [1.82, 2.24) is 0 Å². The van der Waals surface area contributed by atoms with Crippen LogP contribution in [0, 0.1) is 80.3 Å². The maximum absolute atomic E-state index is 11.9. The third-order valence-electron chi connectivity index (χ3n) is 26.5. The fourth-order valence-electron chi connectivity index (χ4n) is 21.6. The Morgan fingerprint density at radius 3 is 1.51 bits per heavy atom. The summed E-state index contributed by atoms with van der Waals surface area (Å²) in [7, 11) is 0. The summed E-state index contributed by atoms with van der Waals surface area (Å²) in [6, 6.07) is 20.6. The van der Waals surface area contributed by atoms with Crippen molar-refractivity contribution in [3.8, 4) is 17.2 Å². The van der Waals surface area contributed by atoms with Crippen LogP contribution in [-0.2, 0) is 16.0 Å². The first-order chi connectivity index (χ1) is 39.1. The number of allylic oxidation sites excluding steroid dienone is 3. The third-order valence-corrected chi connectivity index (χ3v) is 26.5. The predicted molar refractivity (Wildman–Crippen MR) is 328 cm³/mol. The van der Waals surface area contributed by atoms with Gasteiger partial charge in [0.25, 0.3) is 0 Å². The van der Waals surface area contributed by atoms with E-state index in [-0.39, 0.29) is 51.5 Å². The number of Topliss-reactive ketones (excluding diaryl/α,β-unsaturated/α-hetero) is 1. The quantitative estimate of drug-likeness (QED) is 0.141. The Balaban J connectivity index is 0.000000115. The van der Waals surface area contributed by atoms with Crippen molar-refractivity contribution in [3.05, 3.63) is 101 Å². The molecule has 0 radical (unpaired) electrons. The van der Waals surface area contributed by atoms with Gasteiger partial charge in [-0.3, -0.25) is 9.59 Å². The first-order valence-electron chi connectivity index (χ1n) is 33.1. The Kier molecular flexibility index (Phi) is 16.8. The van der Waals surface area contributed by atoms with Gasteiger partial charge in [-0.15, -0.1) is 0 Å². The lowest BCUT2D eigenvalue weighted by Gasteiger charge is -2.60. The van der Waals surface area contributed by atoms with Crippen molar-refractivity contribution in [2.45, 2.75) is 233 Å². The molecule has 0 amide bonds. The zero-order valence-corrected chi connectivity index (χ0v) is 51.1. The summed E-state index contributed by atoms with van der Waals surface area (Å²) in [5, 5.41) is 59.8. The van der Waals surface area contributed by atoms with Gasteiger partial charge in [-0.25, -0.2) is 0 Å². The van der Waals surface area contributed by atoms with Crippen molar-refractivity contribution >= 4 is 22.7 Å². The standard InChI is InChI=1S/C19H30O2.C19H28O2.C18H24O2.C18H20O2/c2*1-18-9-7-13(20)11-12(18)3-4-14-15-5-6-17(21)19(15,2)10-8-16(14)18;1-18-9-8-14-13-5-3-12(19)10-11(13)2-4-15(14)16(18)6-7-17(18)20;1-3-17(13-5-9-15(19)10-6-13)18(4-2)14-7-11-16(20)12-8-14/h12,14-17,21H,3-11H2,1-2H3;11,14-17,21H,3-10H2,1-2H3;3,5,10,14-17,19-20H,2,4,6-9H2,1H3;5-12,19-20H,3-4H2,1-2H3/b;;;18-17+/t12?,14-,15-,16-,17-,18-,19-;14-,15-,16-,17-,18-,19-;14-,15-,16+,17+,18+;/m001./s1. The summed E-state index contributed by atoms with van der Waals surface area (Å²) in [6.45, 7) is 16.2. The molecule has 0 spiro atoms. The van der Waals surface area contributed by atoms with E-state index in [0.29, 0.717) is 46.4 Å². The number of hydrogen-bond acceptors (Lipinski definition) is 8. The van der Waals surface area contributed by atoms with Crippen LogP contribution in [-0.4, -0.2) is 60.5 Å². The Labute approximate surface area is 492 Å². The summed E-state index contributed by atoms with van der Waals surface area (Å²) in [5.74, 6) is 9.15. The second-order valence-electron chi connectivity index (χ2n) is 29.8. The van der Waals surface area contributed by atoms with E-state index in [9.17, 15) is 40.2 Å². The smallest absolute Gasteiger partial charge is 0.155 e. The van der Waals surface area contributed by atoms with E-state index >= 15 is 0 Å². The number of aromatic hydroxyl groups is 3. The van der Waals surface area contributed by atoms with Gasteiger partial charge >= 0.3 is 0 Å². The normalized spacial score (nSPS) is 41.3. The number of aryl methyl sites for hydroxylation is 1. The number of phenolic OH excluding ortho intramolecular Hbond substituents is 3. The second kappa shape index (κ2) is 23.2. The maximum Gasteiger partial charge on any atom is 0.155 e. The van der Waals surface area contributed by atoms with Gasteiger partial charge in [-0.05, 0) is 303 Å². The van der Waals surface area contributed by atoms with Crippen LogP contribution in [0.5, 0.6) is 17.2 Å². The van der Waals surface area contributed by atoms with Crippen LogP contribution in [0.3, 0.4) is 0 Å². The highest BCUT2D eigenvalue weighted by atomic mass is 16.3. The molecule has 9 saturated carbocycles. The largest absolute Gasteiger partial charge is 0.508 e. The molecule has 0 heterocycles. The summed E-state index contributed by atoms with van der Waals surface area (Å²) in [5.41, 5.74) is 10.3. The summed E-state index contributed by atoms with van der Waals surface area (Å²) in [4.78, 5) is 23.7. The Morgan fingerprint density at radius 2 is 0.951 bits per heavy atom. The van der Waals surface area contributed by atoms with Gasteiger partial charge in [0, 0.05) is 19.3 Å². The molecule has 3 aromatic carbocycles. The number of phenols is 3. The molecule has 14 rings (SSSR count). The highest BCUT2D eigenvalue weighted by molar-refractivity contribution is 5.92. The molecule has 18 atom stereocenters. The van der Waals surface area contributed by atoms with Crippen LogP contribution in [0.4, 0.5) is 0 Å². The molecule has 9 fully saturated rings. The minimum absolute atomic E-state index is 0.0677. The number of fused-ring (bicyclic) bond motifs is 15. The molecule has 8 nitrogen and oxygen atoms in total. The lowest BCUT2D eigenvalue weighted by atomic mass is 9.45. The molecule has 1 unspecified atom stereocenters. The van der Waals surface area contributed by atoms with Crippen molar-refractivity contribution in [3.63, 3.8) is 0 Å².